The number of fused-ring (bicyclic) bond motifs is 1. The maximum absolute atomic E-state index is 9.10. The Balaban J connectivity index is 2.17. The molecule has 3 atom stereocenters. The standard InChI is InChI=1S/C11H13N2O3P/c12-4-8(13-11(17)5-14)7-1-2-9-10(3-7)16-6-15-9/h1-3,8,11,13-14H,5-6,17H2. The maximum Gasteiger partial charge on any atom is 0.231 e. The number of aliphatic hydroxyl groups is 1. The van der Waals surface area contributed by atoms with Gasteiger partial charge in [0.2, 0.25) is 6.79 Å². The van der Waals surface area contributed by atoms with Crippen molar-refractivity contribution in [3.63, 3.8) is 0 Å². The molecule has 0 saturated carbocycles. The first-order valence-corrected chi connectivity index (χ1v) is 5.83. The fourth-order valence-corrected chi connectivity index (χ4v) is 1.76. The molecule has 1 aromatic rings. The molecule has 0 amide bonds. The molecule has 2 N–H and O–H groups in total. The van der Waals surface area contributed by atoms with E-state index in [1.807, 2.05) is 6.07 Å². The van der Waals surface area contributed by atoms with E-state index in [4.69, 9.17) is 19.8 Å². The molecule has 3 unspecified atom stereocenters. The Hall–Kier alpha value is -1.34. The number of nitrogens with zero attached hydrogens (tertiary/aromatic N) is 1. The van der Waals surface area contributed by atoms with Gasteiger partial charge in [-0.3, -0.25) is 5.32 Å². The average molecular weight is 252 g/mol. The lowest BCUT2D eigenvalue weighted by molar-refractivity contribution is 0.174. The SMILES string of the molecule is N#CC(NC(P)CO)c1ccc2c(c1)OCO2. The van der Waals surface area contributed by atoms with Gasteiger partial charge in [-0.15, -0.1) is 9.24 Å². The summed E-state index contributed by atoms with van der Waals surface area (Å²) < 4.78 is 10.5. The monoisotopic (exact) mass is 252 g/mol. The second-order valence-corrected chi connectivity index (χ2v) is 4.44. The Labute approximate surface area is 102 Å². The summed E-state index contributed by atoms with van der Waals surface area (Å²) in [4.78, 5) is 0. The lowest BCUT2D eigenvalue weighted by Crippen LogP contribution is -2.30. The van der Waals surface area contributed by atoms with Gasteiger partial charge in [0.05, 0.1) is 12.7 Å². The lowest BCUT2D eigenvalue weighted by atomic mass is 10.1. The molecular formula is C11H13N2O3P. The minimum atomic E-state index is -0.487. The molecule has 0 spiro atoms. The molecule has 2 rings (SSSR count). The highest BCUT2D eigenvalue weighted by molar-refractivity contribution is 7.17. The third-order valence-corrected chi connectivity index (χ3v) is 2.84. The van der Waals surface area contributed by atoms with Crippen molar-refractivity contribution < 1.29 is 14.6 Å². The van der Waals surface area contributed by atoms with E-state index in [1.165, 1.54) is 0 Å². The van der Waals surface area contributed by atoms with Gasteiger partial charge in [0.1, 0.15) is 6.04 Å². The minimum absolute atomic E-state index is 0.0482. The van der Waals surface area contributed by atoms with Crippen molar-refractivity contribution in [1.82, 2.24) is 5.32 Å². The fourth-order valence-electron chi connectivity index (χ4n) is 1.57. The van der Waals surface area contributed by atoms with Crippen molar-refractivity contribution in [2.24, 2.45) is 0 Å². The summed E-state index contributed by atoms with van der Waals surface area (Å²) in [6.45, 7) is 0.166. The predicted octanol–water partition coefficient (Wildman–Crippen LogP) is 0.763. The third kappa shape index (κ3) is 2.67. The molecular weight excluding hydrogens is 239 g/mol. The number of nitriles is 1. The number of benzene rings is 1. The quantitative estimate of drug-likeness (QED) is 0.774. The summed E-state index contributed by atoms with van der Waals surface area (Å²) in [5, 5.41) is 21.0. The van der Waals surface area contributed by atoms with E-state index < -0.39 is 6.04 Å². The van der Waals surface area contributed by atoms with Gasteiger partial charge in [-0.05, 0) is 17.7 Å². The molecule has 0 saturated heterocycles. The van der Waals surface area contributed by atoms with Gasteiger partial charge in [0.15, 0.2) is 11.5 Å². The Morgan fingerprint density at radius 1 is 1.47 bits per heavy atom. The van der Waals surface area contributed by atoms with E-state index in [0.717, 1.165) is 5.56 Å². The number of rotatable bonds is 4. The van der Waals surface area contributed by atoms with Crippen molar-refractivity contribution in [2.75, 3.05) is 13.4 Å². The number of aliphatic hydroxyl groups excluding tert-OH is 1. The molecule has 0 aliphatic carbocycles. The van der Waals surface area contributed by atoms with E-state index in [0.29, 0.717) is 11.5 Å². The van der Waals surface area contributed by atoms with Crippen LogP contribution in [0.4, 0.5) is 0 Å². The molecule has 90 valence electrons. The lowest BCUT2D eigenvalue weighted by Gasteiger charge is -2.16. The summed E-state index contributed by atoms with van der Waals surface area (Å²) in [6.07, 6.45) is 0. The molecule has 0 aromatic heterocycles. The molecule has 6 heteroatoms. The zero-order valence-corrected chi connectivity index (χ0v) is 10.2. The van der Waals surface area contributed by atoms with Gasteiger partial charge < -0.3 is 14.6 Å². The topological polar surface area (TPSA) is 74.5 Å². The van der Waals surface area contributed by atoms with Gasteiger partial charge in [-0.2, -0.15) is 5.26 Å². The van der Waals surface area contributed by atoms with Gasteiger partial charge in [-0.25, -0.2) is 0 Å². The highest BCUT2D eigenvalue weighted by atomic mass is 31.0. The maximum atomic E-state index is 9.10. The smallest absolute Gasteiger partial charge is 0.231 e. The Bertz CT molecular complexity index is 447. The zero-order valence-electron chi connectivity index (χ0n) is 9.09. The first-order valence-electron chi connectivity index (χ1n) is 5.16. The molecule has 17 heavy (non-hydrogen) atoms. The number of nitrogens with one attached hydrogen (secondary N) is 1. The highest BCUT2D eigenvalue weighted by Crippen LogP contribution is 2.34. The van der Waals surface area contributed by atoms with Crippen LogP contribution in [0.2, 0.25) is 0 Å². The Kier molecular flexibility index (Phi) is 3.80. The largest absolute Gasteiger partial charge is 0.454 e. The molecule has 1 aliphatic rings. The predicted molar refractivity (Wildman–Crippen MR) is 64.6 cm³/mol. The number of ether oxygens (including phenoxy) is 2. The van der Waals surface area contributed by atoms with Crippen LogP contribution in [0.1, 0.15) is 11.6 Å². The molecule has 0 fully saturated rings. The van der Waals surface area contributed by atoms with E-state index in [1.54, 1.807) is 12.1 Å². The van der Waals surface area contributed by atoms with Crippen LogP contribution < -0.4 is 14.8 Å². The van der Waals surface area contributed by atoms with Crippen LogP contribution >= 0.6 is 9.24 Å². The summed E-state index contributed by atoms with van der Waals surface area (Å²) in [6, 6.07) is 7.02. The molecule has 0 bridgehead atoms. The second kappa shape index (κ2) is 5.33. The zero-order chi connectivity index (χ0) is 12.3. The van der Waals surface area contributed by atoms with Crippen LogP contribution in [0.25, 0.3) is 0 Å². The third-order valence-electron chi connectivity index (χ3n) is 2.44. The van der Waals surface area contributed by atoms with Crippen molar-refractivity contribution in [1.29, 1.82) is 5.26 Å². The summed E-state index contributed by atoms with van der Waals surface area (Å²) in [5.41, 5.74) is 0.789. The van der Waals surface area contributed by atoms with Crippen LogP contribution in [0.3, 0.4) is 0 Å². The minimum Gasteiger partial charge on any atom is -0.454 e. The highest BCUT2D eigenvalue weighted by Gasteiger charge is 2.18. The van der Waals surface area contributed by atoms with Crippen molar-refractivity contribution in [3.8, 4) is 17.6 Å². The van der Waals surface area contributed by atoms with Crippen LogP contribution in [0, 0.1) is 11.3 Å². The van der Waals surface area contributed by atoms with Gasteiger partial charge in [0, 0.05) is 5.78 Å². The molecule has 1 heterocycles. The first-order chi connectivity index (χ1) is 8.24. The Morgan fingerprint density at radius 3 is 2.94 bits per heavy atom. The van der Waals surface area contributed by atoms with Crippen LogP contribution in [0.5, 0.6) is 11.5 Å². The van der Waals surface area contributed by atoms with E-state index in [9.17, 15) is 0 Å². The molecule has 1 aliphatic heterocycles. The normalized spacial score (nSPS) is 16.3. The van der Waals surface area contributed by atoms with E-state index in [-0.39, 0.29) is 19.2 Å². The van der Waals surface area contributed by atoms with Gasteiger partial charge in [-0.1, -0.05) is 6.07 Å². The van der Waals surface area contributed by atoms with E-state index >= 15 is 0 Å². The van der Waals surface area contributed by atoms with E-state index in [2.05, 4.69) is 20.6 Å². The number of hydrogen-bond acceptors (Lipinski definition) is 5. The van der Waals surface area contributed by atoms with Crippen molar-refractivity contribution >= 4 is 9.24 Å². The van der Waals surface area contributed by atoms with Crippen molar-refractivity contribution in [2.45, 2.75) is 11.8 Å². The summed E-state index contributed by atoms with van der Waals surface area (Å²) in [5.74, 6) is 1.12. The summed E-state index contributed by atoms with van der Waals surface area (Å²) >= 11 is 0. The van der Waals surface area contributed by atoms with Crippen LogP contribution in [-0.4, -0.2) is 24.3 Å². The summed E-state index contributed by atoms with van der Waals surface area (Å²) in [7, 11) is 2.44. The molecule has 0 radical (unpaired) electrons. The Morgan fingerprint density at radius 2 is 2.24 bits per heavy atom. The second-order valence-electron chi connectivity index (χ2n) is 3.63. The van der Waals surface area contributed by atoms with Crippen LogP contribution in [-0.2, 0) is 0 Å². The molecule has 5 nitrogen and oxygen atoms in total. The van der Waals surface area contributed by atoms with Crippen LogP contribution in [0.15, 0.2) is 18.2 Å². The molecule has 1 aromatic carbocycles. The average Bonchev–Trinajstić information content (AvgIpc) is 2.82. The number of hydrogen-bond donors (Lipinski definition) is 2. The van der Waals surface area contributed by atoms with Gasteiger partial charge >= 0.3 is 0 Å². The van der Waals surface area contributed by atoms with Crippen molar-refractivity contribution in [3.05, 3.63) is 23.8 Å². The first kappa shape index (κ1) is 12.1. The van der Waals surface area contributed by atoms with Gasteiger partial charge in [0.25, 0.3) is 0 Å². The fraction of sp³-hybridized carbons (Fsp3) is 0.364.